The maximum atomic E-state index is 12.0. The SMILES string of the molecule is O=C(N/N=C\c1ccc(-c2ccc(C(=O)O)c(Cl)c2)o1)c1ccc(Br)cc1. The molecule has 0 saturated heterocycles. The molecule has 0 atom stereocenters. The molecule has 0 aliphatic carbocycles. The number of nitrogens with zero attached hydrogens (tertiary/aromatic N) is 1. The number of rotatable bonds is 5. The summed E-state index contributed by atoms with van der Waals surface area (Å²) in [5.41, 5.74) is 3.54. The van der Waals surface area contributed by atoms with Crippen LogP contribution in [0.25, 0.3) is 11.3 Å². The monoisotopic (exact) mass is 446 g/mol. The number of amides is 1. The van der Waals surface area contributed by atoms with E-state index in [9.17, 15) is 9.59 Å². The average Bonchev–Trinajstić information content (AvgIpc) is 3.10. The number of hydrogen-bond donors (Lipinski definition) is 2. The molecule has 0 radical (unpaired) electrons. The number of hydrogen-bond acceptors (Lipinski definition) is 4. The van der Waals surface area contributed by atoms with Crippen LogP contribution in [0.4, 0.5) is 0 Å². The predicted octanol–water partition coefficient (Wildman–Crippen LogP) is 4.82. The Kier molecular flexibility index (Phi) is 5.73. The second kappa shape index (κ2) is 8.20. The molecule has 0 aliphatic rings. The van der Waals surface area contributed by atoms with E-state index in [1.54, 1.807) is 42.5 Å². The van der Waals surface area contributed by atoms with Gasteiger partial charge in [-0.05, 0) is 48.5 Å². The van der Waals surface area contributed by atoms with Gasteiger partial charge in [-0.2, -0.15) is 5.10 Å². The van der Waals surface area contributed by atoms with E-state index in [-0.39, 0.29) is 16.5 Å². The first-order valence-corrected chi connectivity index (χ1v) is 8.83. The van der Waals surface area contributed by atoms with Crippen LogP contribution in [0.1, 0.15) is 26.5 Å². The van der Waals surface area contributed by atoms with Gasteiger partial charge in [-0.1, -0.05) is 33.6 Å². The van der Waals surface area contributed by atoms with E-state index in [0.29, 0.717) is 22.6 Å². The first kappa shape index (κ1) is 18.9. The van der Waals surface area contributed by atoms with Gasteiger partial charge in [-0.15, -0.1) is 0 Å². The quantitative estimate of drug-likeness (QED) is 0.433. The Morgan fingerprint density at radius 3 is 2.52 bits per heavy atom. The van der Waals surface area contributed by atoms with Crippen molar-refractivity contribution in [2.45, 2.75) is 0 Å². The molecule has 136 valence electrons. The maximum Gasteiger partial charge on any atom is 0.337 e. The fourth-order valence-electron chi connectivity index (χ4n) is 2.24. The van der Waals surface area contributed by atoms with Crippen molar-refractivity contribution < 1.29 is 19.1 Å². The third-order valence-electron chi connectivity index (χ3n) is 3.58. The van der Waals surface area contributed by atoms with Crippen molar-refractivity contribution in [3.8, 4) is 11.3 Å². The molecular weight excluding hydrogens is 436 g/mol. The summed E-state index contributed by atoms with van der Waals surface area (Å²) in [5, 5.41) is 13.0. The van der Waals surface area contributed by atoms with Crippen LogP contribution in [0.15, 0.2) is 68.6 Å². The summed E-state index contributed by atoms with van der Waals surface area (Å²) < 4.78 is 6.49. The number of furan rings is 1. The highest BCUT2D eigenvalue weighted by Gasteiger charge is 2.11. The second-order valence-electron chi connectivity index (χ2n) is 5.41. The van der Waals surface area contributed by atoms with Crippen LogP contribution in [0.3, 0.4) is 0 Å². The zero-order valence-electron chi connectivity index (χ0n) is 13.6. The van der Waals surface area contributed by atoms with Gasteiger partial charge >= 0.3 is 5.97 Å². The van der Waals surface area contributed by atoms with E-state index in [1.807, 2.05) is 0 Å². The van der Waals surface area contributed by atoms with Crippen LogP contribution in [-0.2, 0) is 0 Å². The Labute approximate surface area is 167 Å². The zero-order valence-corrected chi connectivity index (χ0v) is 16.0. The van der Waals surface area contributed by atoms with Crippen molar-refractivity contribution in [3.63, 3.8) is 0 Å². The number of carbonyl (C=O) groups is 2. The molecule has 1 aromatic heterocycles. The highest BCUT2D eigenvalue weighted by atomic mass is 79.9. The van der Waals surface area contributed by atoms with E-state index in [2.05, 4.69) is 26.5 Å². The lowest BCUT2D eigenvalue weighted by molar-refractivity contribution is 0.0696. The molecule has 3 aromatic rings. The summed E-state index contributed by atoms with van der Waals surface area (Å²) in [6.45, 7) is 0. The van der Waals surface area contributed by atoms with Crippen LogP contribution in [0, 0.1) is 0 Å². The minimum Gasteiger partial charge on any atom is -0.478 e. The molecule has 2 aromatic carbocycles. The first-order valence-electron chi connectivity index (χ1n) is 7.66. The molecule has 3 rings (SSSR count). The van der Waals surface area contributed by atoms with E-state index < -0.39 is 5.97 Å². The van der Waals surface area contributed by atoms with Crippen molar-refractivity contribution in [3.05, 3.63) is 81.0 Å². The largest absolute Gasteiger partial charge is 0.478 e. The van der Waals surface area contributed by atoms with Gasteiger partial charge in [-0.3, -0.25) is 4.79 Å². The van der Waals surface area contributed by atoms with Crippen molar-refractivity contribution in [2.24, 2.45) is 5.10 Å². The van der Waals surface area contributed by atoms with Gasteiger partial charge in [0.05, 0.1) is 16.8 Å². The molecule has 2 N–H and O–H groups in total. The molecule has 0 saturated carbocycles. The van der Waals surface area contributed by atoms with Crippen LogP contribution >= 0.6 is 27.5 Å². The molecule has 0 aliphatic heterocycles. The number of nitrogens with one attached hydrogen (secondary N) is 1. The Bertz CT molecular complexity index is 1030. The summed E-state index contributed by atoms with van der Waals surface area (Å²) in [4.78, 5) is 23.0. The van der Waals surface area contributed by atoms with Crippen LogP contribution in [0.2, 0.25) is 5.02 Å². The number of benzene rings is 2. The lowest BCUT2D eigenvalue weighted by Crippen LogP contribution is -2.17. The molecule has 0 bridgehead atoms. The van der Waals surface area contributed by atoms with Crippen molar-refractivity contribution >= 4 is 45.6 Å². The van der Waals surface area contributed by atoms with E-state index in [1.165, 1.54) is 18.3 Å². The van der Waals surface area contributed by atoms with Gasteiger partial charge in [0.2, 0.25) is 0 Å². The third-order valence-corrected chi connectivity index (χ3v) is 4.42. The van der Waals surface area contributed by atoms with Gasteiger partial charge in [0.15, 0.2) is 0 Å². The van der Waals surface area contributed by atoms with Crippen molar-refractivity contribution in [2.75, 3.05) is 0 Å². The molecule has 0 unspecified atom stereocenters. The van der Waals surface area contributed by atoms with Gasteiger partial charge in [0.1, 0.15) is 11.5 Å². The number of hydrazone groups is 1. The summed E-state index contributed by atoms with van der Waals surface area (Å²) in [6, 6.07) is 14.8. The Morgan fingerprint density at radius 1 is 1.11 bits per heavy atom. The number of aromatic carboxylic acids is 1. The highest BCUT2D eigenvalue weighted by Crippen LogP contribution is 2.27. The average molecular weight is 448 g/mol. The topological polar surface area (TPSA) is 91.9 Å². The highest BCUT2D eigenvalue weighted by molar-refractivity contribution is 9.10. The number of carbonyl (C=O) groups excluding carboxylic acids is 1. The fraction of sp³-hybridized carbons (Fsp3) is 0. The van der Waals surface area contributed by atoms with E-state index in [4.69, 9.17) is 21.1 Å². The summed E-state index contributed by atoms with van der Waals surface area (Å²) in [7, 11) is 0. The Morgan fingerprint density at radius 2 is 1.85 bits per heavy atom. The van der Waals surface area contributed by atoms with Crippen LogP contribution in [0.5, 0.6) is 0 Å². The predicted molar refractivity (Wildman–Crippen MR) is 105 cm³/mol. The molecule has 27 heavy (non-hydrogen) atoms. The molecule has 1 heterocycles. The molecular formula is C19H12BrClN2O4. The lowest BCUT2D eigenvalue weighted by Gasteiger charge is -2.01. The zero-order chi connectivity index (χ0) is 19.4. The van der Waals surface area contributed by atoms with E-state index >= 15 is 0 Å². The van der Waals surface area contributed by atoms with Crippen molar-refractivity contribution in [1.82, 2.24) is 5.43 Å². The normalized spacial score (nSPS) is 10.9. The molecule has 1 amide bonds. The second-order valence-corrected chi connectivity index (χ2v) is 6.73. The Hall–Kier alpha value is -2.90. The van der Waals surface area contributed by atoms with E-state index in [0.717, 1.165) is 4.47 Å². The standard InChI is InChI=1S/C19H12BrClN2O4/c20-13-4-1-11(2-5-13)18(24)23-22-10-14-6-8-17(27-14)12-3-7-15(19(25)26)16(21)9-12/h1-10H,(H,23,24)(H,25,26)/b22-10-. The van der Waals surface area contributed by atoms with Gasteiger partial charge < -0.3 is 9.52 Å². The first-order chi connectivity index (χ1) is 12.9. The fourth-order valence-corrected chi connectivity index (χ4v) is 2.77. The summed E-state index contributed by atoms with van der Waals surface area (Å²) >= 11 is 9.27. The molecule has 0 fully saturated rings. The summed E-state index contributed by atoms with van der Waals surface area (Å²) in [6.07, 6.45) is 1.37. The number of carboxylic acid groups (broad SMARTS) is 1. The van der Waals surface area contributed by atoms with Gasteiger partial charge in [-0.25, -0.2) is 10.2 Å². The minimum absolute atomic E-state index is 0.0180. The number of carboxylic acids is 1. The van der Waals surface area contributed by atoms with Crippen LogP contribution in [-0.4, -0.2) is 23.2 Å². The summed E-state index contributed by atoms with van der Waals surface area (Å²) in [5.74, 6) is -0.532. The smallest absolute Gasteiger partial charge is 0.337 e. The third kappa shape index (κ3) is 4.64. The van der Waals surface area contributed by atoms with Gasteiger partial charge in [0, 0.05) is 15.6 Å². The minimum atomic E-state index is -1.10. The van der Waals surface area contributed by atoms with Gasteiger partial charge in [0.25, 0.3) is 5.91 Å². The maximum absolute atomic E-state index is 12.0. The number of halogens is 2. The molecule has 0 spiro atoms. The lowest BCUT2D eigenvalue weighted by atomic mass is 10.1. The van der Waals surface area contributed by atoms with Crippen molar-refractivity contribution in [1.29, 1.82) is 0 Å². The molecule has 6 nitrogen and oxygen atoms in total. The van der Waals surface area contributed by atoms with Crippen LogP contribution < -0.4 is 5.43 Å². The Balaban J connectivity index is 1.68. The molecule has 8 heteroatoms.